The van der Waals surface area contributed by atoms with Gasteiger partial charge in [-0.3, -0.25) is 14.4 Å². The fourth-order valence-corrected chi connectivity index (χ4v) is 12.1. The molecular formula is C62H52LiN5O13S4. The molecule has 0 saturated heterocycles. The second kappa shape index (κ2) is 29.1. The monoisotopic (exact) mass is 1210 g/mol. The molecule has 0 bridgehead atoms. The molecule has 7 aromatic heterocycles. The Morgan fingerprint density at radius 2 is 0.906 bits per heavy atom. The van der Waals surface area contributed by atoms with Crippen molar-refractivity contribution < 1.29 is 80.9 Å². The molecule has 428 valence electrons. The summed E-state index contributed by atoms with van der Waals surface area (Å²) in [6, 6.07) is 38.7. The van der Waals surface area contributed by atoms with Crippen molar-refractivity contribution in [2.75, 3.05) is 13.2 Å². The van der Waals surface area contributed by atoms with E-state index in [1.165, 1.54) is 0 Å². The number of rotatable bonds is 14. The molecule has 0 saturated carbocycles. The van der Waals surface area contributed by atoms with Crippen LogP contribution in [0.2, 0.25) is 0 Å². The topological polar surface area (TPSA) is 287 Å². The summed E-state index contributed by atoms with van der Waals surface area (Å²) in [6.45, 7) is 9.23. The number of carbonyl (C=O) groups excluding carboxylic acids is 5. The minimum Gasteiger partial charge on any atom is -0.870 e. The van der Waals surface area contributed by atoms with Crippen molar-refractivity contribution in [3.8, 4) is 33.8 Å². The van der Waals surface area contributed by atoms with Crippen LogP contribution in [0.25, 0.3) is 74.1 Å². The second-order valence-electron chi connectivity index (χ2n) is 18.0. The maximum absolute atomic E-state index is 13.1. The fourth-order valence-electron chi connectivity index (χ4n) is 8.89. The number of nitrogens with two attached hydrogens (primary N) is 1. The van der Waals surface area contributed by atoms with Gasteiger partial charge < -0.3 is 44.4 Å². The number of primary amides is 1. The zero-order valence-corrected chi connectivity index (χ0v) is 49.8. The fraction of sp³-hybridized carbons (Fsp3) is 0.145. The Morgan fingerprint density at radius 1 is 0.529 bits per heavy atom. The van der Waals surface area contributed by atoms with Gasteiger partial charge in [-0.05, 0) is 95.5 Å². The number of carboxylic acids is 1. The molecular weight excluding hydrogens is 1160 g/mol. The standard InChI is InChI=1S/C23H19N3O4S.2C15H13NO3S.C9H6O2S.Li.H2O/c1-13-25-19(16-8-5-9-18-15(16)10-11-31-18)21(30-13)23(29)26-17(20(27)22(24)28)12-14-6-3-2-4-7-14;2*1-3-18-15(17)14-13(16-9(2)19-14)11-5-4-6-12-10(11)7-8-20-12;10-9(11)7-2-1-3-8-6(7)4-5-12-8;;/h2-11,17H,12H2,1H3,(H2,24,28)(H,26,29);2*4-8H,3H2,1-2H3;1-5H,(H,10,11);;1H2/q;;;;+1;/p-1. The molecule has 12 aromatic rings. The maximum Gasteiger partial charge on any atom is 1.00 e. The zero-order chi connectivity index (χ0) is 58.7. The molecule has 85 heavy (non-hydrogen) atoms. The summed E-state index contributed by atoms with van der Waals surface area (Å²) >= 11 is 6.44. The summed E-state index contributed by atoms with van der Waals surface area (Å²) in [6.07, 6.45) is 0.122. The predicted molar refractivity (Wildman–Crippen MR) is 324 cm³/mol. The number of carbonyl (C=O) groups is 6. The SMILES string of the molecule is CCOC(=O)c1oc(C)nc1-c1cccc2sccc12.CCOC(=O)c1oc(C)nc1-c1cccc2sccc12.Cc1nc(-c2cccc3sccc23)c(C(=O)NC(Cc2ccccc2)C(=O)C(N)=O)o1.O=C(O)c1cccc2sccc12.[Li+].[OH-]. The molecule has 1 atom stereocenters. The number of amides is 2. The molecule has 0 aliphatic rings. The van der Waals surface area contributed by atoms with Gasteiger partial charge in [0.05, 0.1) is 18.8 Å². The molecule has 1 unspecified atom stereocenters. The minimum atomic E-state index is -1.12. The number of ether oxygens (including phenoxy) is 2. The molecule has 18 nitrogen and oxygen atoms in total. The first kappa shape index (κ1) is 63.7. The zero-order valence-electron chi connectivity index (χ0n) is 46.6. The first-order valence-electron chi connectivity index (χ1n) is 25.7. The number of Topliss-reactive ketones (excluding diaryl/α,β-unsaturated/α-hetero) is 1. The van der Waals surface area contributed by atoms with Crippen LogP contribution in [0.15, 0.2) is 162 Å². The molecule has 0 aliphatic carbocycles. The van der Waals surface area contributed by atoms with E-state index in [0.29, 0.717) is 53.5 Å². The number of ketones is 1. The van der Waals surface area contributed by atoms with Crippen LogP contribution in [0, 0.1) is 20.8 Å². The number of hydrogen-bond donors (Lipinski definition) is 3. The summed E-state index contributed by atoms with van der Waals surface area (Å²) in [4.78, 5) is 84.8. The number of fused-ring (bicyclic) bond motifs is 4. The van der Waals surface area contributed by atoms with Gasteiger partial charge in [-0.15, -0.1) is 45.3 Å². The average molecular weight is 1210 g/mol. The van der Waals surface area contributed by atoms with Gasteiger partial charge >= 0.3 is 36.8 Å². The van der Waals surface area contributed by atoms with Gasteiger partial charge in [-0.25, -0.2) is 29.3 Å². The van der Waals surface area contributed by atoms with Gasteiger partial charge in [0.15, 0.2) is 17.7 Å². The summed E-state index contributed by atoms with van der Waals surface area (Å²) < 4.78 is 30.9. The largest absolute Gasteiger partial charge is 1.00 e. The summed E-state index contributed by atoms with van der Waals surface area (Å²) in [7, 11) is 0. The maximum atomic E-state index is 13.1. The van der Waals surface area contributed by atoms with Crippen LogP contribution in [0.3, 0.4) is 0 Å². The third-order valence-corrected chi connectivity index (χ3v) is 16.0. The van der Waals surface area contributed by atoms with Crippen LogP contribution < -0.4 is 29.9 Å². The number of oxazole rings is 3. The summed E-state index contributed by atoms with van der Waals surface area (Å²) in [5.74, 6) is -2.91. The van der Waals surface area contributed by atoms with Gasteiger partial charge in [-0.2, -0.15) is 0 Å². The van der Waals surface area contributed by atoms with E-state index in [9.17, 15) is 28.8 Å². The Kier molecular flexibility index (Phi) is 21.8. The Morgan fingerprint density at radius 3 is 1.31 bits per heavy atom. The van der Waals surface area contributed by atoms with Crippen molar-refractivity contribution in [1.29, 1.82) is 0 Å². The van der Waals surface area contributed by atoms with Crippen molar-refractivity contribution in [1.82, 2.24) is 20.3 Å². The second-order valence-corrected chi connectivity index (χ2v) is 21.8. The number of esters is 2. The number of benzene rings is 5. The average Bonchev–Trinajstić information content (AvgIpc) is 3.39. The van der Waals surface area contributed by atoms with E-state index in [4.69, 9.17) is 33.6 Å². The van der Waals surface area contributed by atoms with Crippen LogP contribution >= 0.6 is 45.3 Å². The predicted octanol–water partition coefficient (Wildman–Crippen LogP) is 10.8. The summed E-state index contributed by atoms with van der Waals surface area (Å²) in [5, 5.41) is 23.2. The number of hydrogen-bond acceptors (Lipinski definition) is 19. The Labute approximate surface area is 513 Å². The Bertz CT molecular complexity index is 4190. The number of nitrogens with one attached hydrogen (secondary N) is 1. The molecule has 5 aromatic carbocycles. The van der Waals surface area contributed by atoms with E-state index in [1.54, 1.807) is 104 Å². The first-order valence-corrected chi connectivity index (χ1v) is 29.2. The molecule has 2 amide bonds. The van der Waals surface area contributed by atoms with E-state index in [2.05, 4.69) is 20.3 Å². The van der Waals surface area contributed by atoms with Crippen LogP contribution in [0.4, 0.5) is 0 Å². The van der Waals surface area contributed by atoms with Crippen molar-refractivity contribution in [2.24, 2.45) is 5.73 Å². The van der Waals surface area contributed by atoms with E-state index < -0.39 is 41.5 Å². The van der Waals surface area contributed by atoms with Crippen LogP contribution in [0.5, 0.6) is 0 Å². The normalized spacial score (nSPS) is 10.9. The van der Waals surface area contributed by atoms with E-state index in [0.717, 1.165) is 62.6 Å². The Hall–Kier alpha value is -8.85. The quantitative estimate of drug-likeness (QED) is 0.0518. The van der Waals surface area contributed by atoms with E-state index in [1.807, 2.05) is 125 Å². The number of aromatic carboxylic acids is 1. The Balaban J connectivity index is 0.000000169. The van der Waals surface area contributed by atoms with Gasteiger partial charge in [0.1, 0.15) is 23.1 Å². The molecule has 5 N–H and O–H groups in total. The van der Waals surface area contributed by atoms with Gasteiger partial charge in [0.25, 0.3) is 11.8 Å². The van der Waals surface area contributed by atoms with Crippen LogP contribution in [-0.4, -0.2) is 80.3 Å². The molecule has 0 spiro atoms. The van der Waals surface area contributed by atoms with Crippen LogP contribution in [0.1, 0.15) is 79.1 Å². The van der Waals surface area contributed by atoms with Gasteiger partial charge in [0.2, 0.25) is 23.1 Å². The van der Waals surface area contributed by atoms with Crippen molar-refractivity contribution in [3.63, 3.8) is 0 Å². The number of aromatic nitrogens is 3. The van der Waals surface area contributed by atoms with E-state index >= 15 is 0 Å². The minimum absolute atomic E-state index is 0. The summed E-state index contributed by atoms with van der Waals surface area (Å²) in [5.41, 5.74) is 10.4. The van der Waals surface area contributed by atoms with Crippen molar-refractivity contribution >= 4 is 121 Å². The third kappa shape index (κ3) is 14.7. The molecule has 23 heteroatoms. The number of aryl methyl sites for hydroxylation is 3. The van der Waals surface area contributed by atoms with Gasteiger partial charge in [0, 0.05) is 84.2 Å². The first-order chi connectivity index (χ1) is 40.1. The smallest absolute Gasteiger partial charge is 0.870 e. The third-order valence-electron chi connectivity index (χ3n) is 12.5. The molecule has 0 aliphatic heterocycles. The van der Waals surface area contributed by atoms with E-state index in [-0.39, 0.29) is 48.0 Å². The number of nitrogens with zero attached hydrogens (tertiary/aromatic N) is 3. The number of carboxylic acid groups (broad SMARTS) is 1. The molecule has 0 fully saturated rings. The molecule has 7 heterocycles. The van der Waals surface area contributed by atoms with Crippen LogP contribution in [-0.2, 0) is 25.5 Å². The molecule has 0 radical (unpaired) electrons. The molecule has 12 rings (SSSR count). The van der Waals surface area contributed by atoms with Crippen molar-refractivity contribution in [3.05, 3.63) is 195 Å². The van der Waals surface area contributed by atoms with Crippen molar-refractivity contribution in [2.45, 2.75) is 47.1 Å². The number of thiophene rings is 4. The van der Waals surface area contributed by atoms with Gasteiger partial charge in [-0.1, -0.05) is 72.8 Å².